The van der Waals surface area contributed by atoms with E-state index < -0.39 is 0 Å². The highest BCUT2D eigenvalue weighted by molar-refractivity contribution is 5.29. The van der Waals surface area contributed by atoms with Crippen LogP contribution in [0.4, 0.5) is 0 Å². The van der Waals surface area contributed by atoms with Crippen molar-refractivity contribution in [3.05, 3.63) is 29.8 Å². The van der Waals surface area contributed by atoms with Crippen molar-refractivity contribution in [2.45, 2.75) is 52.7 Å². The molecule has 0 amide bonds. The lowest BCUT2D eigenvalue weighted by Crippen LogP contribution is -2.32. The number of benzene rings is 1. The Balaban J connectivity index is 2.75. The maximum absolute atomic E-state index is 5.67. The van der Waals surface area contributed by atoms with Gasteiger partial charge in [0.05, 0.1) is 6.10 Å². The number of nitrogens with two attached hydrogens (primary N) is 1. The van der Waals surface area contributed by atoms with Crippen LogP contribution in [0.2, 0.25) is 0 Å². The Morgan fingerprint density at radius 2 is 1.78 bits per heavy atom. The lowest BCUT2D eigenvalue weighted by molar-refractivity contribution is 0.242. The van der Waals surface area contributed by atoms with Gasteiger partial charge in [-0.2, -0.15) is 0 Å². The van der Waals surface area contributed by atoms with E-state index >= 15 is 0 Å². The van der Waals surface area contributed by atoms with Gasteiger partial charge >= 0.3 is 0 Å². The van der Waals surface area contributed by atoms with Crippen molar-refractivity contribution in [3.8, 4) is 5.75 Å². The molecule has 0 aliphatic carbocycles. The molecule has 0 fully saturated rings. The molecule has 102 valence electrons. The number of hydrazine groups is 1. The minimum absolute atomic E-state index is 0.207. The third-order valence-corrected chi connectivity index (χ3v) is 3.10. The van der Waals surface area contributed by atoms with E-state index in [0.717, 1.165) is 5.75 Å². The Morgan fingerprint density at radius 3 is 2.22 bits per heavy atom. The molecule has 1 aromatic rings. The van der Waals surface area contributed by atoms with Crippen LogP contribution in [0.15, 0.2) is 24.3 Å². The van der Waals surface area contributed by atoms with Crippen LogP contribution in [-0.2, 0) is 0 Å². The molecule has 0 spiro atoms. The summed E-state index contributed by atoms with van der Waals surface area (Å²) in [6, 6.07) is 8.41. The van der Waals surface area contributed by atoms with E-state index in [0.29, 0.717) is 5.92 Å². The van der Waals surface area contributed by atoms with Crippen molar-refractivity contribution in [1.82, 2.24) is 5.43 Å². The molecule has 0 heterocycles. The van der Waals surface area contributed by atoms with Crippen molar-refractivity contribution < 1.29 is 4.74 Å². The van der Waals surface area contributed by atoms with Crippen LogP contribution in [0.3, 0.4) is 0 Å². The van der Waals surface area contributed by atoms with Crippen LogP contribution in [-0.4, -0.2) is 6.10 Å². The molecule has 0 radical (unpaired) electrons. The van der Waals surface area contributed by atoms with Gasteiger partial charge in [0.2, 0.25) is 0 Å². The van der Waals surface area contributed by atoms with Gasteiger partial charge in [0, 0.05) is 6.04 Å². The molecule has 0 aliphatic heterocycles. The fourth-order valence-corrected chi connectivity index (χ4v) is 2.24. The largest absolute Gasteiger partial charge is 0.491 e. The lowest BCUT2D eigenvalue weighted by atomic mass is 9.91. The number of hydrogen-bond donors (Lipinski definition) is 2. The molecular weight excluding hydrogens is 224 g/mol. The summed E-state index contributed by atoms with van der Waals surface area (Å²) in [5.74, 6) is 7.11. The van der Waals surface area contributed by atoms with E-state index in [2.05, 4.69) is 31.4 Å². The van der Waals surface area contributed by atoms with Gasteiger partial charge in [-0.15, -0.1) is 0 Å². The Bertz CT molecular complexity index is 335. The summed E-state index contributed by atoms with van der Waals surface area (Å²) in [6.07, 6.45) is 2.55. The van der Waals surface area contributed by atoms with Crippen LogP contribution in [0, 0.1) is 5.92 Å². The Kier molecular flexibility index (Phi) is 6.16. The topological polar surface area (TPSA) is 47.3 Å². The Hall–Kier alpha value is -1.06. The third-order valence-electron chi connectivity index (χ3n) is 3.10. The molecule has 0 aromatic heterocycles. The average Bonchev–Trinajstić information content (AvgIpc) is 2.32. The van der Waals surface area contributed by atoms with E-state index in [1.165, 1.54) is 18.4 Å². The summed E-state index contributed by atoms with van der Waals surface area (Å²) in [5, 5.41) is 0. The van der Waals surface area contributed by atoms with Crippen molar-refractivity contribution in [1.29, 1.82) is 0 Å². The van der Waals surface area contributed by atoms with E-state index in [1.807, 2.05) is 26.0 Å². The molecular formula is C15H26N2O. The molecule has 1 rings (SSSR count). The van der Waals surface area contributed by atoms with Gasteiger partial charge in [-0.05, 0) is 43.9 Å². The van der Waals surface area contributed by atoms with Crippen molar-refractivity contribution in [2.75, 3.05) is 0 Å². The van der Waals surface area contributed by atoms with E-state index in [4.69, 9.17) is 10.6 Å². The van der Waals surface area contributed by atoms with Crippen LogP contribution < -0.4 is 16.0 Å². The van der Waals surface area contributed by atoms with Crippen LogP contribution in [0.1, 0.15) is 52.1 Å². The highest BCUT2D eigenvalue weighted by Crippen LogP contribution is 2.26. The predicted molar refractivity (Wildman–Crippen MR) is 76.3 cm³/mol. The smallest absolute Gasteiger partial charge is 0.119 e. The zero-order chi connectivity index (χ0) is 13.5. The highest BCUT2D eigenvalue weighted by Gasteiger charge is 2.17. The minimum atomic E-state index is 0.207. The van der Waals surface area contributed by atoms with Crippen LogP contribution in [0.5, 0.6) is 5.75 Å². The highest BCUT2D eigenvalue weighted by atomic mass is 16.5. The maximum atomic E-state index is 5.67. The van der Waals surface area contributed by atoms with Crippen molar-refractivity contribution in [3.63, 3.8) is 0 Å². The van der Waals surface area contributed by atoms with E-state index in [9.17, 15) is 0 Å². The fraction of sp³-hybridized carbons (Fsp3) is 0.600. The molecule has 0 saturated carbocycles. The second kappa shape index (κ2) is 7.39. The van der Waals surface area contributed by atoms with Gasteiger partial charge in [0.25, 0.3) is 0 Å². The number of ether oxygens (including phenoxy) is 1. The quantitative estimate of drug-likeness (QED) is 0.576. The molecule has 0 bridgehead atoms. The molecule has 3 heteroatoms. The second-order valence-corrected chi connectivity index (χ2v) is 5.15. The monoisotopic (exact) mass is 250 g/mol. The van der Waals surface area contributed by atoms with Crippen LogP contribution in [0.25, 0.3) is 0 Å². The first-order valence-electron chi connectivity index (χ1n) is 6.81. The molecule has 3 nitrogen and oxygen atoms in total. The summed E-state index contributed by atoms with van der Waals surface area (Å²) in [5.41, 5.74) is 4.14. The van der Waals surface area contributed by atoms with Gasteiger partial charge in [-0.3, -0.25) is 11.3 Å². The normalized spacial score (nSPS) is 14.6. The summed E-state index contributed by atoms with van der Waals surface area (Å²) < 4.78 is 5.64. The SMILES string of the molecule is CCCC(C)C(NN)c1ccc(OC(C)C)cc1. The fourth-order valence-electron chi connectivity index (χ4n) is 2.24. The Labute approximate surface area is 111 Å². The predicted octanol–water partition coefficient (Wildman–Crippen LogP) is 3.41. The average molecular weight is 250 g/mol. The maximum Gasteiger partial charge on any atom is 0.119 e. The van der Waals surface area contributed by atoms with Gasteiger partial charge in [0.1, 0.15) is 5.75 Å². The zero-order valence-corrected chi connectivity index (χ0v) is 11.9. The molecule has 2 atom stereocenters. The molecule has 2 unspecified atom stereocenters. The second-order valence-electron chi connectivity index (χ2n) is 5.15. The zero-order valence-electron chi connectivity index (χ0n) is 11.9. The van der Waals surface area contributed by atoms with Gasteiger partial charge in [-0.1, -0.05) is 32.4 Å². The lowest BCUT2D eigenvalue weighted by Gasteiger charge is -2.23. The molecule has 18 heavy (non-hydrogen) atoms. The first-order chi connectivity index (χ1) is 8.58. The van der Waals surface area contributed by atoms with E-state index in [-0.39, 0.29) is 12.1 Å². The first-order valence-corrected chi connectivity index (χ1v) is 6.81. The first kappa shape index (κ1) is 15.0. The summed E-state index contributed by atoms with van der Waals surface area (Å²) in [4.78, 5) is 0. The Morgan fingerprint density at radius 1 is 1.17 bits per heavy atom. The summed E-state index contributed by atoms with van der Waals surface area (Å²) in [7, 11) is 0. The molecule has 0 aliphatic rings. The van der Waals surface area contributed by atoms with E-state index in [1.54, 1.807) is 0 Å². The van der Waals surface area contributed by atoms with Gasteiger partial charge < -0.3 is 4.74 Å². The minimum Gasteiger partial charge on any atom is -0.491 e. The van der Waals surface area contributed by atoms with Crippen LogP contribution >= 0.6 is 0 Å². The van der Waals surface area contributed by atoms with Gasteiger partial charge in [-0.25, -0.2) is 0 Å². The van der Waals surface area contributed by atoms with Crippen molar-refractivity contribution in [2.24, 2.45) is 11.8 Å². The number of hydrogen-bond acceptors (Lipinski definition) is 3. The van der Waals surface area contributed by atoms with Gasteiger partial charge in [0.15, 0.2) is 0 Å². The third kappa shape index (κ3) is 4.31. The standard InChI is InChI=1S/C15H26N2O/c1-5-6-12(4)15(17-16)13-7-9-14(10-8-13)18-11(2)3/h7-12,15,17H,5-6,16H2,1-4H3. The number of nitrogens with one attached hydrogen (secondary N) is 1. The molecule has 1 aromatic carbocycles. The summed E-state index contributed by atoms with van der Waals surface area (Å²) in [6.45, 7) is 8.49. The molecule has 3 N–H and O–H groups in total. The summed E-state index contributed by atoms with van der Waals surface area (Å²) >= 11 is 0. The molecule has 0 saturated heterocycles. The number of rotatable bonds is 7. The van der Waals surface area contributed by atoms with Crippen molar-refractivity contribution >= 4 is 0 Å².